The van der Waals surface area contributed by atoms with Crippen LogP contribution in [0.1, 0.15) is 11.6 Å². The third-order valence-electron chi connectivity index (χ3n) is 2.74. The highest BCUT2D eigenvalue weighted by atomic mass is 79.9. The summed E-state index contributed by atoms with van der Waals surface area (Å²) in [6, 6.07) is 5.42. The van der Waals surface area contributed by atoms with Gasteiger partial charge in [0.25, 0.3) is 0 Å². The molecule has 0 amide bonds. The van der Waals surface area contributed by atoms with Crippen molar-refractivity contribution in [1.29, 1.82) is 0 Å². The number of rotatable bonds is 4. The van der Waals surface area contributed by atoms with Crippen molar-refractivity contribution >= 4 is 27.5 Å². The lowest BCUT2D eigenvalue weighted by Gasteiger charge is -1.97. The molecule has 0 aliphatic carbocycles. The van der Waals surface area contributed by atoms with Crippen LogP contribution in [0.2, 0.25) is 5.02 Å². The summed E-state index contributed by atoms with van der Waals surface area (Å²) >= 11 is 9.32. The first-order valence-electron chi connectivity index (χ1n) is 6.03. The first kappa shape index (κ1) is 14.2. The molecule has 2 aromatic heterocycles. The average Bonchev–Trinajstić information content (AvgIpc) is 3.11. The fraction of sp³-hybridized carbons (Fsp3) is 0.167. The van der Waals surface area contributed by atoms with E-state index >= 15 is 0 Å². The minimum atomic E-state index is 0.341. The minimum absolute atomic E-state index is 0.341. The van der Waals surface area contributed by atoms with Crippen LogP contribution in [0, 0.1) is 0 Å². The van der Waals surface area contributed by atoms with Crippen LogP contribution in [-0.4, -0.2) is 25.1 Å². The number of hydrogen-bond donors (Lipinski definition) is 1. The van der Waals surface area contributed by atoms with Crippen LogP contribution in [0.25, 0.3) is 11.4 Å². The van der Waals surface area contributed by atoms with Gasteiger partial charge < -0.3 is 10.3 Å². The lowest BCUT2D eigenvalue weighted by atomic mass is 10.2. The molecule has 0 saturated carbocycles. The summed E-state index contributed by atoms with van der Waals surface area (Å²) < 4.78 is 7.58. The zero-order valence-corrected chi connectivity index (χ0v) is 13.0. The zero-order valence-electron chi connectivity index (χ0n) is 10.7. The lowest BCUT2D eigenvalue weighted by Crippen LogP contribution is -2.00. The first-order chi connectivity index (χ1) is 10.2. The molecule has 0 radical (unpaired) electrons. The van der Waals surface area contributed by atoms with E-state index in [1.54, 1.807) is 16.9 Å². The molecular formula is C12H10BrClN6O. The van der Waals surface area contributed by atoms with Crippen molar-refractivity contribution in [3.63, 3.8) is 0 Å². The molecule has 0 aliphatic rings. The van der Waals surface area contributed by atoms with Crippen LogP contribution in [0.4, 0.5) is 0 Å². The number of nitrogens with two attached hydrogens (primary N) is 1. The highest BCUT2D eigenvalue weighted by Gasteiger charge is 2.11. The molecular weight excluding hydrogens is 360 g/mol. The van der Waals surface area contributed by atoms with Gasteiger partial charge in [0.1, 0.15) is 6.54 Å². The van der Waals surface area contributed by atoms with Crippen molar-refractivity contribution in [2.45, 2.75) is 13.1 Å². The van der Waals surface area contributed by atoms with Crippen LogP contribution in [0.15, 0.2) is 33.4 Å². The van der Waals surface area contributed by atoms with Gasteiger partial charge in [-0.25, -0.2) is 4.68 Å². The SMILES string of the molecule is NCc1cn(Cc2nc(-c3ccc(Cl)c(Br)c3)no2)nn1. The Labute approximate surface area is 133 Å². The second kappa shape index (κ2) is 5.92. The third kappa shape index (κ3) is 3.12. The average molecular weight is 370 g/mol. The maximum Gasteiger partial charge on any atom is 0.248 e. The van der Waals surface area contributed by atoms with Crippen molar-refractivity contribution in [1.82, 2.24) is 25.1 Å². The van der Waals surface area contributed by atoms with Gasteiger partial charge in [-0.2, -0.15) is 4.98 Å². The molecule has 0 spiro atoms. The Morgan fingerprint density at radius 2 is 2.24 bits per heavy atom. The second-order valence-corrected chi connectivity index (χ2v) is 5.51. The zero-order chi connectivity index (χ0) is 14.8. The number of aromatic nitrogens is 5. The summed E-state index contributed by atoms with van der Waals surface area (Å²) in [5.74, 6) is 0.922. The molecule has 0 bridgehead atoms. The molecule has 0 saturated heterocycles. The van der Waals surface area contributed by atoms with Gasteiger partial charge in [0.2, 0.25) is 11.7 Å². The van der Waals surface area contributed by atoms with Crippen LogP contribution >= 0.6 is 27.5 Å². The minimum Gasteiger partial charge on any atom is -0.337 e. The van der Waals surface area contributed by atoms with Gasteiger partial charge in [0.15, 0.2) is 0 Å². The van der Waals surface area contributed by atoms with Gasteiger partial charge in [-0.3, -0.25) is 0 Å². The normalized spacial score (nSPS) is 11.0. The largest absolute Gasteiger partial charge is 0.337 e. The van der Waals surface area contributed by atoms with E-state index in [-0.39, 0.29) is 0 Å². The van der Waals surface area contributed by atoms with Crippen LogP contribution in [-0.2, 0) is 13.1 Å². The van der Waals surface area contributed by atoms with Gasteiger partial charge >= 0.3 is 0 Å². The molecule has 3 rings (SSSR count). The predicted molar refractivity (Wildman–Crippen MR) is 79.5 cm³/mol. The Bertz CT molecular complexity index is 771. The maximum atomic E-state index is 5.96. The van der Waals surface area contributed by atoms with Crippen molar-refractivity contribution < 1.29 is 4.52 Å². The fourth-order valence-corrected chi connectivity index (χ4v) is 2.22. The molecule has 0 aliphatic heterocycles. The van der Waals surface area contributed by atoms with Crippen molar-refractivity contribution in [2.24, 2.45) is 5.73 Å². The molecule has 7 nitrogen and oxygen atoms in total. The predicted octanol–water partition coefficient (Wildman–Crippen LogP) is 2.25. The molecule has 108 valence electrons. The number of nitrogens with zero attached hydrogens (tertiary/aromatic N) is 5. The van der Waals surface area contributed by atoms with E-state index in [1.165, 1.54) is 0 Å². The summed E-state index contributed by atoms with van der Waals surface area (Å²) in [6.07, 6.45) is 1.74. The van der Waals surface area contributed by atoms with Gasteiger partial charge in [0, 0.05) is 16.6 Å². The van der Waals surface area contributed by atoms with Gasteiger partial charge in [0.05, 0.1) is 16.9 Å². The Morgan fingerprint density at radius 1 is 1.38 bits per heavy atom. The third-order valence-corrected chi connectivity index (χ3v) is 3.95. The summed E-state index contributed by atoms with van der Waals surface area (Å²) in [5.41, 5.74) is 6.99. The summed E-state index contributed by atoms with van der Waals surface area (Å²) in [5, 5.41) is 12.4. The molecule has 9 heteroatoms. The topological polar surface area (TPSA) is 95.7 Å². The summed E-state index contributed by atoms with van der Waals surface area (Å²) in [6.45, 7) is 0.683. The van der Waals surface area contributed by atoms with Gasteiger partial charge in [-0.15, -0.1) is 5.10 Å². The van der Waals surface area contributed by atoms with E-state index < -0.39 is 0 Å². The Hall–Kier alpha value is -1.77. The van der Waals surface area contributed by atoms with Crippen molar-refractivity contribution in [3.05, 3.63) is 45.5 Å². The van der Waals surface area contributed by atoms with E-state index in [0.29, 0.717) is 35.5 Å². The highest BCUT2D eigenvalue weighted by Crippen LogP contribution is 2.27. The van der Waals surface area contributed by atoms with E-state index in [2.05, 4.69) is 36.4 Å². The van der Waals surface area contributed by atoms with E-state index in [4.69, 9.17) is 21.9 Å². The number of hydrogen-bond acceptors (Lipinski definition) is 6. The standard InChI is InChI=1S/C12H10BrClN6O/c13-9-3-7(1-2-10(9)14)12-16-11(21-18-12)6-20-5-8(4-15)17-19-20/h1-3,5H,4,6,15H2. The number of benzene rings is 1. The maximum absolute atomic E-state index is 5.96. The molecule has 21 heavy (non-hydrogen) atoms. The van der Waals surface area contributed by atoms with Crippen molar-refractivity contribution in [2.75, 3.05) is 0 Å². The van der Waals surface area contributed by atoms with Crippen LogP contribution in [0.5, 0.6) is 0 Å². The van der Waals surface area contributed by atoms with Gasteiger partial charge in [-0.1, -0.05) is 22.0 Å². The molecule has 2 N–H and O–H groups in total. The fourth-order valence-electron chi connectivity index (χ4n) is 1.72. The molecule has 0 atom stereocenters. The highest BCUT2D eigenvalue weighted by molar-refractivity contribution is 9.10. The molecule has 0 fully saturated rings. The smallest absolute Gasteiger partial charge is 0.248 e. The second-order valence-electron chi connectivity index (χ2n) is 4.25. The quantitative estimate of drug-likeness (QED) is 0.758. The summed E-state index contributed by atoms with van der Waals surface area (Å²) in [7, 11) is 0. The molecule has 2 heterocycles. The Kier molecular flexibility index (Phi) is 4.00. The van der Waals surface area contributed by atoms with E-state index in [9.17, 15) is 0 Å². The van der Waals surface area contributed by atoms with Crippen LogP contribution < -0.4 is 5.73 Å². The molecule has 1 aromatic carbocycles. The van der Waals surface area contributed by atoms with Crippen LogP contribution in [0.3, 0.4) is 0 Å². The van der Waals surface area contributed by atoms with E-state index in [1.807, 2.05) is 12.1 Å². The van der Waals surface area contributed by atoms with Crippen molar-refractivity contribution in [3.8, 4) is 11.4 Å². The Balaban J connectivity index is 1.80. The molecule has 0 unspecified atom stereocenters. The lowest BCUT2D eigenvalue weighted by molar-refractivity contribution is 0.364. The van der Waals surface area contributed by atoms with Gasteiger partial charge in [-0.05, 0) is 34.1 Å². The monoisotopic (exact) mass is 368 g/mol. The number of halogens is 2. The first-order valence-corrected chi connectivity index (χ1v) is 7.20. The molecule has 3 aromatic rings. The Morgan fingerprint density at radius 3 is 2.95 bits per heavy atom. The van der Waals surface area contributed by atoms with E-state index in [0.717, 1.165) is 10.0 Å². The summed E-state index contributed by atoms with van der Waals surface area (Å²) in [4.78, 5) is 4.32.